The van der Waals surface area contributed by atoms with E-state index in [-0.39, 0.29) is 22.1 Å². The summed E-state index contributed by atoms with van der Waals surface area (Å²) in [7, 11) is -6.13. The zero-order chi connectivity index (χ0) is 24.7. The number of rotatable bonds is 6. The molecular formula is C25H28N2O5S2. The standard InChI is InChI=1S/C25H28N2O5S2/c1-17-5-9-23(10-6-17)34(30,31)27-12-11-20-7-8-22(15-21(20)16-27)26-33(28,29)25-14-19(3)18(2)13-24(25)32-4/h5-10,13-15,26H,11-12,16H2,1-4H3. The van der Waals surface area contributed by atoms with Gasteiger partial charge in [-0.1, -0.05) is 23.8 Å². The highest BCUT2D eigenvalue weighted by Crippen LogP contribution is 2.31. The topological polar surface area (TPSA) is 92.8 Å². The fraction of sp³-hybridized carbons (Fsp3) is 0.280. The Morgan fingerprint density at radius 2 is 1.53 bits per heavy atom. The largest absolute Gasteiger partial charge is 0.495 e. The van der Waals surface area contributed by atoms with Crippen molar-refractivity contribution in [3.63, 3.8) is 0 Å². The van der Waals surface area contributed by atoms with Crippen LogP contribution in [-0.4, -0.2) is 34.8 Å². The van der Waals surface area contributed by atoms with Gasteiger partial charge in [-0.3, -0.25) is 4.72 Å². The predicted molar refractivity (Wildman–Crippen MR) is 132 cm³/mol. The van der Waals surface area contributed by atoms with E-state index < -0.39 is 20.0 Å². The molecule has 1 heterocycles. The highest BCUT2D eigenvalue weighted by molar-refractivity contribution is 7.92. The molecule has 7 nitrogen and oxygen atoms in total. The molecule has 180 valence electrons. The summed E-state index contributed by atoms with van der Waals surface area (Å²) >= 11 is 0. The molecule has 3 aromatic rings. The van der Waals surface area contributed by atoms with Gasteiger partial charge in [0.05, 0.1) is 12.0 Å². The zero-order valence-electron chi connectivity index (χ0n) is 19.6. The van der Waals surface area contributed by atoms with Gasteiger partial charge in [0, 0.05) is 18.8 Å². The van der Waals surface area contributed by atoms with Gasteiger partial charge < -0.3 is 4.74 Å². The number of ether oxygens (including phenoxy) is 1. The van der Waals surface area contributed by atoms with Gasteiger partial charge in [0.15, 0.2) is 0 Å². The van der Waals surface area contributed by atoms with Gasteiger partial charge in [-0.15, -0.1) is 0 Å². The second-order valence-corrected chi connectivity index (χ2v) is 12.2. The molecule has 9 heteroatoms. The lowest BCUT2D eigenvalue weighted by Gasteiger charge is -2.28. The number of nitrogens with one attached hydrogen (secondary N) is 1. The molecule has 0 spiro atoms. The van der Waals surface area contributed by atoms with Gasteiger partial charge in [-0.2, -0.15) is 4.31 Å². The van der Waals surface area contributed by atoms with E-state index in [2.05, 4.69) is 4.72 Å². The summed E-state index contributed by atoms with van der Waals surface area (Å²) < 4.78 is 61.9. The molecule has 0 aliphatic carbocycles. The number of hydrogen-bond donors (Lipinski definition) is 1. The van der Waals surface area contributed by atoms with E-state index in [9.17, 15) is 16.8 Å². The number of benzene rings is 3. The van der Waals surface area contributed by atoms with Crippen LogP contribution in [0.1, 0.15) is 27.8 Å². The van der Waals surface area contributed by atoms with Crippen LogP contribution < -0.4 is 9.46 Å². The molecule has 0 atom stereocenters. The first-order valence-corrected chi connectivity index (χ1v) is 13.8. The maximum Gasteiger partial charge on any atom is 0.265 e. The quantitative estimate of drug-likeness (QED) is 0.548. The number of fused-ring (bicyclic) bond motifs is 1. The van der Waals surface area contributed by atoms with Crippen molar-refractivity contribution >= 4 is 25.7 Å². The monoisotopic (exact) mass is 500 g/mol. The van der Waals surface area contributed by atoms with Crippen molar-refractivity contribution in [2.45, 2.75) is 43.5 Å². The Hall–Kier alpha value is -2.88. The van der Waals surface area contributed by atoms with E-state index in [1.165, 1.54) is 11.4 Å². The molecule has 0 fully saturated rings. The second kappa shape index (κ2) is 9.05. The zero-order valence-corrected chi connectivity index (χ0v) is 21.3. The molecule has 0 bridgehead atoms. The van der Waals surface area contributed by atoms with Crippen LogP contribution >= 0.6 is 0 Å². The van der Waals surface area contributed by atoms with Crippen molar-refractivity contribution in [1.29, 1.82) is 0 Å². The Morgan fingerprint density at radius 1 is 0.853 bits per heavy atom. The molecule has 0 radical (unpaired) electrons. The lowest BCUT2D eigenvalue weighted by molar-refractivity contribution is 0.391. The molecule has 1 N–H and O–H groups in total. The predicted octanol–water partition coefficient (Wildman–Crippen LogP) is 4.17. The second-order valence-electron chi connectivity index (χ2n) is 8.58. The maximum atomic E-state index is 13.2. The number of hydrogen-bond acceptors (Lipinski definition) is 5. The van der Waals surface area contributed by atoms with Crippen molar-refractivity contribution < 1.29 is 21.6 Å². The van der Waals surface area contributed by atoms with E-state index in [4.69, 9.17) is 4.74 Å². The highest BCUT2D eigenvalue weighted by Gasteiger charge is 2.29. The molecule has 1 aliphatic heterocycles. The Balaban J connectivity index is 1.62. The molecule has 0 unspecified atom stereocenters. The Morgan fingerprint density at radius 3 is 2.21 bits per heavy atom. The van der Waals surface area contributed by atoms with Crippen LogP contribution in [0.2, 0.25) is 0 Å². The Bertz CT molecular complexity index is 1450. The average Bonchev–Trinajstić information content (AvgIpc) is 2.80. The maximum absolute atomic E-state index is 13.2. The SMILES string of the molecule is COc1cc(C)c(C)cc1S(=O)(=O)Nc1ccc2c(c1)CN(S(=O)(=O)c1ccc(C)cc1)CC2. The summed E-state index contributed by atoms with van der Waals surface area (Å²) in [6.07, 6.45) is 0.554. The molecule has 34 heavy (non-hydrogen) atoms. The van der Waals surface area contributed by atoms with Crippen LogP contribution in [0.25, 0.3) is 0 Å². The fourth-order valence-electron chi connectivity index (χ4n) is 4.00. The van der Waals surface area contributed by atoms with Crippen LogP contribution in [-0.2, 0) is 33.0 Å². The molecule has 0 aromatic heterocycles. The first-order chi connectivity index (χ1) is 16.0. The van der Waals surface area contributed by atoms with Crippen molar-refractivity contribution in [2.75, 3.05) is 18.4 Å². The van der Waals surface area contributed by atoms with Crippen molar-refractivity contribution in [2.24, 2.45) is 0 Å². The average molecular weight is 501 g/mol. The Kier molecular flexibility index (Phi) is 6.46. The van der Waals surface area contributed by atoms with Crippen LogP contribution in [0, 0.1) is 20.8 Å². The van der Waals surface area contributed by atoms with Crippen molar-refractivity contribution in [3.05, 3.63) is 82.4 Å². The van der Waals surface area contributed by atoms with Gasteiger partial charge in [0.1, 0.15) is 10.6 Å². The summed E-state index contributed by atoms with van der Waals surface area (Å²) in [5.74, 6) is 0.268. The normalized spacial score (nSPS) is 14.5. The minimum Gasteiger partial charge on any atom is -0.495 e. The van der Waals surface area contributed by atoms with Crippen molar-refractivity contribution in [1.82, 2.24) is 4.31 Å². The van der Waals surface area contributed by atoms with E-state index in [0.717, 1.165) is 27.8 Å². The molecule has 4 rings (SSSR count). The van der Waals surface area contributed by atoms with Gasteiger partial charge in [0.25, 0.3) is 10.0 Å². The number of sulfonamides is 2. The van der Waals surface area contributed by atoms with E-state index >= 15 is 0 Å². The van der Waals surface area contributed by atoms with Crippen LogP contribution in [0.15, 0.2) is 64.4 Å². The number of aryl methyl sites for hydroxylation is 3. The van der Waals surface area contributed by atoms with Gasteiger partial charge in [0.2, 0.25) is 10.0 Å². The number of methoxy groups -OCH3 is 1. The third-order valence-corrected chi connectivity index (χ3v) is 9.43. The highest BCUT2D eigenvalue weighted by atomic mass is 32.2. The molecule has 3 aromatic carbocycles. The third kappa shape index (κ3) is 4.68. The molecule has 1 aliphatic rings. The Labute approximate surface area is 201 Å². The molecular weight excluding hydrogens is 472 g/mol. The first-order valence-electron chi connectivity index (χ1n) is 10.9. The van der Waals surface area contributed by atoms with Gasteiger partial charge >= 0.3 is 0 Å². The van der Waals surface area contributed by atoms with Crippen LogP contribution in [0.3, 0.4) is 0 Å². The lowest BCUT2D eigenvalue weighted by Crippen LogP contribution is -2.36. The summed E-state index contributed by atoms with van der Waals surface area (Å²) in [4.78, 5) is 0.305. The summed E-state index contributed by atoms with van der Waals surface area (Å²) in [6.45, 7) is 6.18. The summed E-state index contributed by atoms with van der Waals surface area (Å²) in [5.41, 5.74) is 4.90. The minimum atomic E-state index is -3.92. The third-order valence-electron chi connectivity index (χ3n) is 6.16. The summed E-state index contributed by atoms with van der Waals surface area (Å²) in [6, 6.07) is 15.3. The fourth-order valence-corrected chi connectivity index (χ4v) is 6.71. The van der Waals surface area contributed by atoms with Crippen molar-refractivity contribution in [3.8, 4) is 5.75 Å². The molecule has 0 saturated carbocycles. The van der Waals surface area contributed by atoms with E-state index in [0.29, 0.717) is 18.7 Å². The number of anilines is 1. The lowest BCUT2D eigenvalue weighted by atomic mass is 10.0. The first kappa shape index (κ1) is 24.3. The molecule has 0 amide bonds. The van der Waals surface area contributed by atoms with Crippen LogP contribution in [0.5, 0.6) is 5.75 Å². The number of nitrogens with zero attached hydrogens (tertiary/aromatic N) is 1. The smallest absolute Gasteiger partial charge is 0.265 e. The van der Waals surface area contributed by atoms with Gasteiger partial charge in [-0.25, -0.2) is 16.8 Å². The molecule has 0 saturated heterocycles. The minimum absolute atomic E-state index is 0.0550. The van der Waals surface area contributed by atoms with Crippen LogP contribution in [0.4, 0.5) is 5.69 Å². The van der Waals surface area contributed by atoms with E-state index in [1.54, 1.807) is 48.5 Å². The van der Waals surface area contributed by atoms with E-state index in [1.807, 2.05) is 26.8 Å². The summed E-state index contributed by atoms with van der Waals surface area (Å²) in [5, 5.41) is 0. The van der Waals surface area contributed by atoms with Gasteiger partial charge in [-0.05, 0) is 85.8 Å².